The molecule has 0 radical (unpaired) electrons. The Morgan fingerprint density at radius 2 is 1.77 bits per heavy atom. The highest BCUT2D eigenvalue weighted by atomic mass is 127. The SMILES string of the molecule is CCNC(=NCCc1cccc(C(=O)NC)c1)N1CCN(c2ccccc2)CC1.I. The summed E-state index contributed by atoms with van der Waals surface area (Å²) in [6.45, 7) is 7.52. The molecule has 162 valence electrons. The summed E-state index contributed by atoms with van der Waals surface area (Å²) in [5, 5.41) is 6.10. The molecule has 1 saturated heterocycles. The maximum absolute atomic E-state index is 11.8. The Kier molecular flexibility index (Phi) is 9.93. The van der Waals surface area contributed by atoms with Gasteiger partial charge in [-0.2, -0.15) is 0 Å². The molecule has 2 aromatic rings. The summed E-state index contributed by atoms with van der Waals surface area (Å²) in [7, 11) is 1.65. The molecule has 0 atom stereocenters. The average Bonchev–Trinajstić information content (AvgIpc) is 2.79. The zero-order chi connectivity index (χ0) is 20.5. The van der Waals surface area contributed by atoms with Gasteiger partial charge >= 0.3 is 0 Å². The number of hydrogen-bond acceptors (Lipinski definition) is 3. The summed E-state index contributed by atoms with van der Waals surface area (Å²) in [6.07, 6.45) is 0.809. The Labute approximate surface area is 196 Å². The smallest absolute Gasteiger partial charge is 0.251 e. The van der Waals surface area contributed by atoms with Gasteiger partial charge in [0.05, 0.1) is 0 Å². The lowest BCUT2D eigenvalue weighted by Crippen LogP contribution is -2.52. The van der Waals surface area contributed by atoms with E-state index in [1.165, 1.54) is 5.69 Å². The van der Waals surface area contributed by atoms with Gasteiger partial charge in [-0.25, -0.2) is 0 Å². The molecule has 1 heterocycles. The summed E-state index contributed by atoms with van der Waals surface area (Å²) in [5.41, 5.74) is 3.10. The summed E-state index contributed by atoms with van der Waals surface area (Å²) >= 11 is 0. The van der Waals surface area contributed by atoms with Crippen molar-refractivity contribution in [3.8, 4) is 0 Å². The quantitative estimate of drug-likeness (QED) is 0.349. The van der Waals surface area contributed by atoms with E-state index < -0.39 is 0 Å². The molecule has 1 amide bonds. The normalized spacial score (nSPS) is 14.1. The number of carbonyl (C=O) groups excluding carboxylic acids is 1. The predicted octanol–water partition coefficient (Wildman–Crippen LogP) is 2.99. The van der Waals surface area contributed by atoms with Gasteiger partial charge in [-0.1, -0.05) is 30.3 Å². The number of nitrogens with zero attached hydrogens (tertiary/aromatic N) is 3. The van der Waals surface area contributed by atoms with Crippen LogP contribution in [-0.4, -0.2) is 63.1 Å². The monoisotopic (exact) mass is 521 g/mol. The zero-order valence-corrected chi connectivity index (χ0v) is 20.1. The number of guanidine groups is 1. The zero-order valence-electron chi connectivity index (χ0n) is 17.8. The third-order valence-corrected chi connectivity index (χ3v) is 5.11. The fourth-order valence-electron chi connectivity index (χ4n) is 3.54. The molecule has 0 unspecified atom stereocenters. The molecule has 6 nitrogen and oxygen atoms in total. The Bertz CT molecular complexity index is 819. The van der Waals surface area contributed by atoms with Crippen LogP contribution in [0.15, 0.2) is 59.6 Å². The van der Waals surface area contributed by atoms with Gasteiger partial charge < -0.3 is 20.4 Å². The molecule has 0 aliphatic carbocycles. The molecule has 3 rings (SSSR count). The Morgan fingerprint density at radius 3 is 2.43 bits per heavy atom. The Hall–Kier alpha value is -2.29. The van der Waals surface area contributed by atoms with Crippen LogP contribution in [0.3, 0.4) is 0 Å². The molecule has 1 aliphatic heterocycles. The van der Waals surface area contributed by atoms with Crippen molar-refractivity contribution in [3.63, 3.8) is 0 Å². The molecule has 30 heavy (non-hydrogen) atoms. The van der Waals surface area contributed by atoms with E-state index in [1.807, 2.05) is 24.3 Å². The molecular formula is C23H32IN5O. The second-order valence-electron chi connectivity index (χ2n) is 7.07. The summed E-state index contributed by atoms with van der Waals surface area (Å²) in [5.74, 6) is 0.919. The van der Waals surface area contributed by atoms with Crippen molar-refractivity contribution in [3.05, 3.63) is 65.7 Å². The van der Waals surface area contributed by atoms with Crippen molar-refractivity contribution in [2.75, 3.05) is 51.2 Å². The summed E-state index contributed by atoms with van der Waals surface area (Å²) in [6, 6.07) is 18.3. The van der Waals surface area contributed by atoms with Gasteiger partial charge in [0.1, 0.15) is 0 Å². The van der Waals surface area contributed by atoms with Crippen LogP contribution in [0.1, 0.15) is 22.8 Å². The maximum atomic E-state index is 11.8. The number of piperazine rings is 1. The number of benzene rings is 2. The fraction of sp³-hybridized carbons (Fsp3) is 0.391. The van der Waals surface area contributed by atoms with E-state index in [1.54, 1.807) is 7.05 Å². The number of para-hydroxylation sites is 1. The van der Waals surface area contributed by atoms with Gasteiger partial charge in [0, 0.05) is 57.6 Å². The van der Waals surface area contributed by atoms with Crippen LogP contribution in [0.2, 0.25) is 0 Å². The summed E-state index contributed by atoms with van der Waals surface area (Å²) in [4.78, 5) is 21.4. The topological polar surface area (TPSA) is 60.0 Å². The van der Waals surface area contributed by atoms with Gasteiger partial charge in [-0.3, -0.25) is 9.79 Å². The Morgan fingerprint density at radius 1 is 1.03 bits per heavy atom. The van der Waals surface area contributed by atoms with Crippen LogP contribution >= 0.6 is 24.0 Å². The van der Waals surface area contributed by atoms with Gasteiger partial charge in [0.2, 0.25) is 0 Å². The van der Waals surface area contributed by atoms with E-state index in [9.17, 15) is 4.79 Å². The van der Waals surface area contributed by atoms with E-state index in [0.717, 1.165) is 50.7 Å². The van der Waals surface area contributed by atoms with Crippen LogP contribution in [0.5, 0.6) is 0 Å². The lowest BCUT2D eigenvalue weighted by molar-refractivity contribution is 0.0963. The number of carbonyl (C=O) groups is 1. The highest BCUT2D eigenvalue weighted by molar-refractivity contribution is 14.0. The fourth-order valence-corrected chi connectivity index (χ4v) is 3.54. The lowest BCUT2D eigenvalue weighted by atomic mass is 10.1. The number of amides is 1. The largest absolute Gasteiger partial charge is 0.368 e. The second-order valence-corrected chi connectivity index (χ2v) is 7.07. The molecule has 2 aromatic carbocycles. The lowest BCUT2D eigenvalue weighted by Gasteiger charge is -2.37. The van der Waals surface area contributed by atoms with Crippen molar-refractivity contribution in [2.24, 2.45) is 4.99 Å². The third-order valence-electron chi connectivity index (χ3n) is 5.11. The third kappa shape index (κ3) is 6.62. The molecular weight excluding hydrogens is 489 g/mol. The van der Waals surface area contributed by atoms with Crippen molar-refractivity contribution >= 4 is 41.5 Å². The molecule has 0 saturated carbocycles. The second kappa shape index (κ2) is 12.4. The Balaban J connectivity index is 0.00000320. The van der Waals surface area contributed by atoms with E-state index >= 15 is 0 Å². The van der Waals surface area contributed by atoms with Crippen molar-refractivity contribution < 1.29 is 4.79 Å². The van der Waals surface area contributed by atoms with Crippen LogP contribution in [0.25, 0.3) is 0 Å². The van der Waals surface area contributed by atoms with Gasteiger partial charge in [0.25, 0.3) is 5.91 Å². The molecule has 0 bridgehead atoms. The number of aliphatic imine (C=N–C) groups is 1. The van der Waals surface area contributed by atoms with Crippen LogP contribution in [0, 0.1) is 0 Å². The molecule has 2 N–H and O–H groups in total. The van der Waals surface area contributed by atoms with Crippen molar-refractivity contribution in [1.82, 2.24) is 15.5 Å². The highest BCUT2D eigenvalue weighted by Crippen LogP contribution is 2.15. The van der Waals surface area contributed by atoms with E-state index in [4.69, 9.17) is 4.99 Å². The molecule has 0 spiro atoms. The van der Waals surface area contributed by atoms with Crippen molar-refractivity contribution in [1.29, 1.82) is 0 Å². The van der Waals surface area contributed by atoms with Crippen LogP contribution in [-0.2, 0) is 6.42 Å². The minimum atomic E-state index is -0.0556. The van der Waals surface area contributed by atoms with Crippen molar-refractivity contribution in [2.45, 2.75) is 13.3 Å². The van der Waals surface area contributed by atoms with Crippen LogP contribution < -0.4 is 15.5 Å². The maximum Gasteiger partial charge on any atom is 0.251 e. The molecule has 0 aromatic heterocycles. The van der Waals surface area contributed by atoms with E-state index in [0.29, 0.717) is 12.1 Å². The minimum absolute atomic E-state index is 0. The predicted molar refractivity (Wildman–Crippen MR) is 135 cm³/mol. The van der Waals surface area contributed by atoms with Gasteiger partial charge in [-0.15, -0.1) is 24.0 Å². The first-order chi connectivity index (χ1) is 14.2. The van der Waals surface area contributed by atoms with Gasteiger partial charge in [0.15, 0.2) is 5.96 Å². The number of nitrogens with one attached hydrogen (secondary N) is 2. The van der Waals surface area contributed by atoms with Crippen LogP contribution in [0.4, 0.5) is 5.69 Å². The standard InChI is InChI=1S/C23H31N5O.HI/c1-3-25-23(26-13-12-19-8-7-9-20(18-19)22(29)24-2)28-16-14-27(15-17-28)21-10-5-4-6-11-21;/h4-11,18H,3,12-17H2,1-2H3,(H,24,29)(H,25,26);1H. The first kappa shape index (κ1) is 24.0. The first-order valence-corrected chi connectivity index (χ1v) is 10.4. The number of hydrogen-bond donors (Lipinski definition) is 2. The molecule has 1 aliphatic rings. The minimum Gasteiger partial charge on any atom is -0.368 e. The van der Waals surface area contributed by atoms with Gasteiger partial charge in [-0.05, 0) is 43.2 Å². The number of anilines is 1. The molecule has 1 fully saturated rings. The number of halogens is 1. The summed E-state index contributed by atoms with van der Waals surface area (Å²) < 4.78 is 0. The highest BCUT2D eigenvalue weighted by Gasteiger charge is 2.19. The van der Waals surface area contributed by atoms with E-state index in [2.05, 4.69) is 57.7 Å². The van der Waals surface area contributed by atoms with E-state index in [-0.39, 0.29) is 29.9 Å². The first-order valence-electron chi connectivity index (χ1n) is 10.4. The molecule has 7 heteroatoms. The number of rotatable bonds is 6. The average molecular weight is 521 g/mol.